The molecule has 0 unspecified atom stereocenters. The zero-order valence-electron chi connectivity index (χ0n) is 6.45. The summed E-state index contributed by atoms with van der Waals surface area (Å²) in [6.45, 7) is 2.07. The molecular formula is C8H11NOS. The smallest absolute Gasteiger partial charge is 0.0967 e. The fourth-order valence-corrected chi connectivity index (χ4v) is 1.64. The van der Waals surface area contributed by atoms with Gasteiger partial charge in [0.25, 0.3) is 0 Å². The second kappa shape index (κ2) is 4.13. The maximum Gasteiger partial charge on any atom is 0.0967 e. The summed E-state index contributed by atoms with van der Waals surface area (Å²) in [5.74, 6) is 0. The minimum atomic E-state index is 0.794. The zero-order valence-corrected chi connectivity index (χ0v) is 7.27. The Morgan fingerprint density at radius 3 is 3.00 bits per heavy atom. The number of oxime groups is 1. The Kier molecular flexibility index (Phi) is 3.11. The topological polar surface area (TPSA) is 32.6 Å². The summed E-state index contributed by atoms with van der Waals surface area (Å²) in [5, 5.41) is 13.9. The van der Waals surface area contributed by atoms with Crippen LogP contribution in [0.2, 0.25) is 0 Å². The lowest BCUT2D eigenvalue weighted by molar-refractivity contribution is 0.318. The Morgan fingerprint density at radius 1 is 1.73 bits per heavy atom. The summed E-state index contributed by atoms with van der Waals surface area (Å²) in [7, 11) is 0. The molecule has 1 rings (SSSR count). The highest BCUT2D eigenvalue weighted by atomic mass is 32.1. The Balaban J connectivity index is 2.72. The van der Waals surface area contributed by atoms with E-state index in [2.05, 4.69) is 12.1 Å². The second-order valence-electron chi connectivity index (χ2n) is 2.27. The third kappa shape index (κ3) is 2.05. The van der Waals surface area contributed by atoms with Crippen molar-refractivity contribution in [1.29, 1.82) is 0 Å². The Hall–Kier alpha value is -0.830. The Morgan fingerprint density at radius 2 is 2.55 bits per heavy atom. The van der Waals surface area contributed by atoms with E-state index in [9.17, 15) is 0 Å². The van der Waals surface area contributed by atoms with Gasteiger partial charge in [-0.3, -0.25) is 0 Å². The molecule has 60 valence electrons. The molecule has 0 aliphatic heterocycles. The highest BCUT2D eigenvalue weighted by molar-refractivity contribution is 7.12. The highest BCUT2D eigenvalue weighted by Gasteiger charge is 2.02. The maximum absolute atomic E-state index is 8.62. The molecule has 1 N–H and O–H groups in total. The average Bonchev–Trinajstić information content (AvgIpc) is 2.52. The van der Waals surface area contributed by atoms with Gasteiger partial charge in [0.1, 0.15) is 0 Å². The lowest BCUT2D eigenvalue weighted by Crippen LogP contribution is -1.96. The molecule has 0 aliphatic carbocycles. The van der Waals surface area contributed by atoms with Gasteiger partial charge in [-0.2, -0.15) is 0 Å². The van der Waals surface area contributed by atoms with Gasteiger partial charge >= 0.3 is 0 Å². The summed E-state index contributed by atoms with van der Waals surface area (Å²) in [6.07, 6.45) is 1.86. The van der Waals surface area contributed by atoms with Crippen LogP contribution in [0.4, 0.5) is 0 Å². The fraction of sp³-hybridized carbons (Fsp3) is 0.375. The predicted molar refractivity (Wildman–Crippen MR) is 47.6 cm³/mol. The highest BCUT2D eigenvalue weighted by Crippen LogP contribution is 2.12. The molecule has 1 heterocycles. The fourth-order valence-electron chi connectivity index (χ4n) is 0.902. The maximum atomic E-state index is 8.62. The van der Waals surface area contributed by atoms with E-state index >= 15 is 0 Å². The molecule has 0 radical (unpaired) electrons. The predicted octanol–water partition coefficient (Wildman–Crippen LogP) is 2.73. The second-order valence-corrected chi connectivity index (χ2v) is 3.22. The van der Waals surface area contributed by atoms with Gasteiger partial charge in [-0.25, -0.2) is 0 Å². The van der Waals surface area contributed by atoms with Crippen molar-refractivity contribution in [2.75, 3.05) is 0 Å². The summed E-state index contributed by atoms with van der Waals surface area (Å²) < 4.78 is 0. The molecular weight excluding hydrogens is 158 g/mol. The van der Waals surface area contributed by atoms with E-state index in [0.717, 1.165) is 23.4 Å². The number of nitrogens with zero attached hydrogens (tertiary/aromatic N) is 1. The van der Waals surface area contributed by atoms with Crippen LogP contribution in [0.15, 0.2) is 22.7 Å². The molecule has 0 fully saturated rings. The molecule has 0 atom stereocenters. The third-order valence-electron chi connectivity index (χ3n) is 1.41. The van der Waals surface area contributed by atoms with Crippen LogP contribution < -0.4 is 0 Å². The van der Waals surface area contributed by atoms with Gasteiger partial charge in [-0.1, -0.05) is 24.6 Å². The lowest BCUT2D eigenvalue weighted by atomic mass is 10.2. The Bertz CT molecular complexity index is 228. The van der Waals surface area contributed by atoms with Crippen molar-refractivity contribution in [2.24, 2.45) is 5.16 Å². The molecule has 1 aromatic heterocycles. The van der Waals surface area contributed by atoms with E-state index in [1.807, 2.05) is 17.5 Å². The van der Waals surface area contributed by atoms with Gasteiger partial charge in [0.2, 0.25) is 0 Å². The van der Waals surface area contributed by atoms with Crippen LogP contribution in [0.25, 0.3) is 0 Å². The van der Waals surface area contributed by atoms with Crippen molar-refractivity contribution in [2.45, 2.75) is 19.8 Å². The molecule has 0 spiro atoms. The first kappa shape index (κ1) is 8.27. The third-order valence-corrected chi connectivity index (χ3v) is 2.33. The average molecular weight is 169 g/mol. The zero-order chi connectivity index (χ0) is 8.10. The number of rotatable bonds is 3. The number of hydrogen-bond donors (Lipinski definition) is 1. The standard InChI is InChI=1S/C8H11NOS/c1-2-4-7(9-10)8-5-3-6-11-8/h3,5-6,10H,2,4H2,1H3/b9-7+. The van der Waals surface area contributed by atoms with Crippen LogP contribution in [0.5, 0.6) is 0 Å². The van der Waals surface area contributed by atoms with Crippen molar-refractivity contribution in [3.63, 3.8) is 0 Å². The van der Waals surface area contributed by atoms with Crippen LogP contribution in [0.3, 0.4) is 0 Å². The molecule has 1 aromatic rings. The van der Waals surface area contributed by atoms with Crippen LogP contribution in [-0.4, -0.2) is 10.9 Å². The normalized spacial score (nSPS) is 11.9. The molecule has 0 aromatic carbocycles. The molecule has 0 amide bonds. The van der Waals surface area contributed by atoms with Crippen molar-refractivity contribution in [3.8, 4) is 0 Å². The first-order chi connectivity index (χ1) is 5.38. The molecule has 0 aliphatic rings. The van der Waals surface area contributed by atoms with Crippen molar-refractivity contribution in [1.82, 2.24) is 0 Å². The largest absolute Gasteiger partial charge is 0.411 e. The van der Waals surface area contributed by atoms with Gasteiger partial charge in [-0.05, 0) is 17.9 Å². The summed E-state index contributed by atoms with van der Waals surface area (Å²) >= 11 is 1.60. The molecule has 0 saturated heterocycles. The van der Waals surface area contributed by atoms with E-state index in [1.165, 1.54) is 0 Å². The van der Waals surface area contributed by atoms with Crippen molar-refractivity contribution < 1.29 is 5.21 Å². The van der Waals surface area contributed by atoms with E-state index in [4.69, 9.17) is 5.21 Å². The van der Waals surface area contributed by atoms with Gasteiger partial charge in [-0.15, -0.1) is 11.3 Å². The summed E-state index contributed by atoms with van der Waals surface area (Å²) in [5.41, 5.74) is 0.794. The molecule has 0 saturated carbocycles. The van der Waals surface area contributed by atoms with E-state index in [0.29, 0.717) is 0 Å². The first-order valence-electron chi connectivity index (χ1n) is 3.63. The molecule has 3 heteroatoms. The molecule has 0 bridgehead atoms. The minimum Gasteiger partial charge on any atom is -0.411 e. The van der Waals surface area contributed by atoms with Gasteiger partial charge in [0, 0.05) is 0 Å². The summed E-state index contributed by atoms with van der Waals surface area (Å²) in [6, 6.07) is 3.93. The van der Waals surface area contributed by atoms with E-state index in [1.54, 1.807) is 11.3 Å². The number of hydrogen-bond acceptors (Lipinski definition) is 3. The van der Waals surface area contributed by atoms with Gasteiger partial charge in [0.15, 0.2) is 0 Å². The van der Waals surface area contributed by atoms with E-state index < -0.39 is 0 Å². The quantitative estimate of drug-likeness (QED) is 0.421. The van der Waals surface area contributed by atoms with Crippen LogP contribution >= 0.6 is 11.3 Å². The monoisotopic (exact) mass is 169 g/mol. The van der Waals surface area contributed by atoms with Crippen LogP contribution in [0, 0.1) is 0 Å². The van der Waals surface area contributed by atoms with Gasteiger partial charge < -0.3 is 5.21 Å². The summed E-state index contributed by atoms with van der Waals surface area (Å²) in [4.78, 5) is 1.06. The molecule has 11 heavy (non-hydrogen) atoms. The number of thiophene rings is 1. The van der Waals surface area contributed by atoms with Gasteiger partial charge in [0.05, 0.1) is 10.6 Å². The first-order valence-corrected chi connectivity index (χ1v) is 4.51. The van der Waals surface area contributed by atoms with Crippen LogP contribution in [0.1, 0.15) is 24.6 Å². The Labute approximate surface area is 70.2 Å². The minimum absolute atomic E-state index is 0.794. The van der Waals surface area contributed by atoms with Crippen LogP contribution in [-0.2, 0) is 0 Å². The molecule has 2 nitrogen and oxygen atoms in total. The SMILES string of the molecule is CCC/C(=N\O)c1cccs1. The van der Waals surface area contributed by atoms with Crippen molar-refractivity contribution in [3.05, 3.63) is 22.4 Å². The lowest BCUT2D eigenvalue weighted by Gasteiger charge is -1.96. The van der Waals surface area contributed by atoms with Crippen molar-refractivity contribution >= 4 is 17.0 Å². The van der Waals surface area contributed by atoms with E-state index in [-0.39, 0.29) is 0 Å².